The van der Waals surface area contributed by atoms with Gasteiger partial charge >= 0.3 is 0 Å². The first-order chi connectivity index (χ1) is 13.5. The minimum Gasteiger partial charge on any atom is -0.478 e. The molecule has 0 bridgehead atoms. The van der Waals surface area contributed by atoms with Gasteiger partial charge in [0.1, 0.15) is 5.65 Å². The number of halogens is 2. The molecule has 0 aliphatic rings. The number of hydrogen-bond donors (Lipinski definition) is 2. The van der Waals surface area contributed by atoms with Crippen molar-refractivity contribution in [3.05, 3.63) is 71.4 Å². The second kappa shape index (κ2) is 8.53. The van der Waals surface area contributed by atoms with Crippen molar-refractivity contribution in [2.75, 3.05) is 0 Å². The maximum Gasteiger partial charge on any atom is 0.279 e. The average Bonchev–Trinajstić information content (AvgIpc) is 3.01. The van der Waals surface area contributed by atoms with Crippen molar-refractivity contribution >= 4 is 35.1 Å². The van der Waals surface area contributed by atoms with Crippen molar-refractivity contribution in [1.29, 1.82) is 0 Å². The number of imidazole rings is 1. The molecule has 2 heterocycles. The first-order valence-corrected chi connectivity index (χ1v) is 8.65. The van der Waals surface area contributed by atoms with E-state index in [1.165, 1.54) is 37.3 Å². The second-order valence-corrected chi connectivity index (χ2v) is 6.08. The predicted octanol–water partition coefficient (Wildman–Crippen LogP) is 2.75. The normalized spacial score (nSPS) is 12.1. The summed E-state index contributed by atoms with van der Waals surface area (Å²) in [4.78, 5) is 28.1. The van der Waals surface area contributed by atoms with Crippen LogP contribution in [-0.2, 0) is 9.59 Å². The van der Waals surface area contributed by atoms with Crippen LogP contribution in [0.25, 0.3) is 11.7 Å². The summed E-state index contributed by atoms with van der Waals surface area (Å²) in [5, 5.41) is 0.242. The average molecular weight is 403 g/mol. The standard InChI is InChI=1S/C19H16ClFN4O3/c1-12(28-15-7-3-2-6-13(15)21)19(27)24-23-17(26)10-9-14-18(20)22-16-8-4-5-11-25(14)16/h2-12H,1H3,(H,23,26)(H,24,27)/b10-9+/t12-/m0/s1. The van der Waals surface area contributed by atoms with Gasteiger partial charge in [-0.2, -0.15) is 0 Å². The molecule has 2 amide bonds. The number of hydrazine groups is 1. The zero-order valence-electron chi connectivity index (χ0n) is 14.7. The molecule has 144 valence electrons. The van der Waals surface area contributed by atoms with Gasteiger partial charge in [0.25, 0.3) is 11.8 Å². The number of fused-ring (bicyclic) bond motifs is 1. The Bertz CT molecular complexity index is 1050. The fourth-order valence-electron chi connectivity index (χ4n) is 2.34. The molecule has 1 atom stereocenters. The van der Waals surface area contributed by atoms with Crippen molar-refractivity contribution in [2.24, 2.45) is 0 Å². The molecule has 0 aliphatic heterocycles. The van der Waals surface area contributed by atoms with Crippen molar-refractivity contribution in [1.82, 2.24) is 20.2 Å². The highest BCUT2D eigenvalue weighted by atomic mass is 35.5. The molecule has 28 heavy (non-hydrogen) atoms. The summed E-state index contributed by atoms with van der Waals surface area (Å²) in [5.74, 6) is -1.87. The van der Waals surface area contributed by atoms with Gasteiger partial charge in [-0.05, 0) is 37.3 Å². The summed E-state index contributed by atoms with van der Waals surface area (Å²) in [6.45, 7) is 1.43. The molecule has 0 saturated carbocycles. The largest absolute Gasteiger partial charge is 0.478 e. The lowest BCUT2D eigenvalue weighted by molar-refractivity contribution is -0.131. The first-order valence-electron chi connectivity index (χ1n) is 8.27. The smallest absolute Gasteiger partial charge is 0.279 e. The van der Waals surface area contributed by atoms with Gasteiger partial charge in [0.15, 0.2) is 22.8 Å². The van der Waals surface area contributed by atoms with Gasteiger partial charge in [-0.1, -0.05) is 29.8 Å². The second-order valence-electron chi connectivity index (χ2n) is 5.72. The fourth-order valence-corrected chi connectivity index (χ4v) is 2.58. The maximum absolute atomic E-state index is 13.6. The molecule has 0 aliphatic carbocycles. The Labute approximate surface area is 164 Å². The van der Waals surface area contributed by atoms with Crippen LogP contribution >= 0.6 is 11.6 Å². The Hall–Kier alpha value is -3.39. The molecule has 2 N–H and O–H groups in total. The van der Waals surface area contributed by atoms with Crippen LogP contribution in [0.1, 0.15) is 12.6 Å². The van der Waals surface area contributed by atoms with E-state index in [1.807, 2.05) is 6.07 Å². The fraction of sp³-hybridized carbons (Fsp3) is 0.105. The van der Waals surface area contributed by atoms with Crippen molar-refractivity contribution in [3.63, 3.8) is 0 Å². The van der Waals surface area contributed by atoms with Crippen molar-refractivity contribution < 1.29 is 18.7 Å². The van der Waals surface area contributed by atoms with Gasteiger partial charge in [-0.25, -0.2) is 9.37 Å². The van der Waals surface area contributed by atoms with Gasteiger partial charge in [0.2, 0.25) is 0 Å². The summed E-state index contributed by atoms with van der Waals surface area (Å²) >= 11 is 6.08. The van der Waals surface area contributed by atoms with E-state index in [1.54, 1.807) is 28.8 Å². The Morgan fingerprint density at radius 3 is 2.75 bits per heavy atom. The molecule has 0 fully saturated rings. The predicted molar refractivity (Wildman–Crippen MR) is 102 cm³/mol. The van der Waals surface area contributed by atoms with Crippen LogP contribution in [0.2, 0.25) is 5.15 Å². The topological polar surface area (TPSA) is 84.7 Å². The molecule has 9 heteroatoms. The van der Waals surface area contributed by atoms with Gasteiger partial charge < -0.3 is 4.74 Å². The summed E-state index contributed by atoms with van der Waals surface area (Å²) < 4.78 is 20.5. The number of ether oxygens (including phenoxy) is 1. The minimum atomic E-state index is -1.02. The SMILES string of the molecule is C[C@H](Oc1ccccc1F)C(=O)NNC(=O)/C=C/c1c(Cl)nc2ccccn12. The molecular formula is C19H16ClFN4O3. The minimum absolute atomic E-state index is 0.0568. The highest BCUT2D eigenvalue weighted by molar-refractivity contribution is 6.31. The number of nitrogens with one attached hydrogen (secondary N) is 2. The van der Waals surface area contributed by atoms with Gasteiger partial charge in [0.05, 0.1) is 5.69 Å². The van der Waals surface area contributed by atoms with Crippen LogP contribution in [0, 0.1) is 5.82 Å². The third kappa shape index (κ3) is 4.47. The Morgan fingerprint density at radius 1 is 1.21 bits per heavy atom. The van der Waals surface area contributed by atoms with Crippen LogP contribution in [0.15, 0.2) is 54.7 Å². The molecule has 2 aromatic heterocycles. The van der Waals surface area contributed by atoms with Gasteiger partial charge in [-0.3, -0.25) is 24.8 Å². The molecule has 7 nitrogen and oxygen atoms in total. The number of carbonyl (C=O) groups excluding carboxylic acids is 2. The lowest BCUT2D eigenvalue weighted by atomic mass is 10.3. The van der Waals surface area contributed by atoms with Crippen molar-refractivity contribution in [2.45, 2.75) is 13.0 Å². The molecule has 0 saturated heterocycles. The number of para-hydroxylation sites is 1. The molecule has 0 unspecified atom stereocenters. The monoisotopic (exact) mass is 402 g/mol. The summed E-state index contributed by atoms with van der Waals surface area (Å²) in [7, 11) is 0. The zero-order chi connectivity index (χ0) is 20.1. The molecule has 0 spiro atoms. The Morgan fingerprint density at radius 2 is 1.96 bits per heavy atom. The number of rotatable bonds is 5. The zero-order valence-corrected chi connectivity index (χ0v) is 15.5. The van der Waals surface area contributed by atoms with E-state index in [0.29, 0.717) is 11.3 Å². The lowest BCUT2D eigenvalue weighted by Crippen LogP contribution is -2.46. The highest BCUT2D eigenvalue weighted by Gasteiger charge is 2.16. The lowest BCUT2D eigenvalue weighted by Gasteiger charge is -2.15. The van der Waals surface area contributed by atoms with E-state index in [9.17, 15) is 14.0 Å². The van der Waals surface area contributed by atoms with E-state index in [0.717, 1.165) is 0 Å². The summed E-state index contributed by atoms with van der Waals surface area (Å²) in [5.41, 5.74) is 5.60. The molecular weight excluding hydrogens is 387 g/mol. The molecule has 0 radical (unpaired) electrons. The number of carbonyl (C=O) groups is 2. The van der Waals surface area contributed by atoms with E-state index in [-0.39, 0.29) is 10.9 Å². The van der Waals surface area contributed by atoms with Crippen molar-refractivity contribution in [3.8, 4) is 5.75 Å². The molecule has 3 rings (SSSR count). The molecule has 1 aromatic carbocycles. The third-order valence-electron chi connectivity index (χ3n) is 3.73. The quantitative estimate of drug-likeness (QED) is 0.507. The van der Waals surface area contributed by atoms with Gasteiger partial charge in [0, 0.05) is 12.3 Å². The Kier molecular flexibility index (Phi) is 5.90. The maximum atomic E-state index is 13.6. The number of amides is 2. The van der Waals surface area contributed by atoms with E-state index in [4.69, 9.17) is 16.3 Å². The summed E-state index contributed by atoms with van der Waals surface area (Å²) in [6, 6.07) is 11.1. The van der Waals surface area contributed by atoms with E-state index >= 15 is 0 Å². The first kappa shape index (κ1) is 19.4. The number of benzene rings is 1. The van der Waals surface area contributed by atoms with Crippen LogP contribution in [-0.4, -0.2) is 27.3 Å². The van der Waals surface area contributed by atoms with Crippen LogP contribution < -0.4 is 15.6 Å². The van der Waals surface area contributed by atoms with E-state index < -0.39 is 23.7 Å². The van der Waals surface area contributed by atoms with E-state index in [2.05, 4.69) is 15.8 Å². The number of pyridine rings is 1. The summed E-state index contributed by atoms with van der Waals surface area (Å²) in [6.07, 6.45) is 3.41. The number of nitrogens with zero attached hydrogens (tertiary/aromatic N) is 2. The number of aromatic nitrogens is 2. The number of hydrogen-bond acceptors (Lipinski definition) is 4. The van der Waals surface area contributed by atoms with Gasteiger partial charge in [-0.15, -0.1) is 0 Å². The van der Waals surface area contributed by atoms with Crippen LogP contribution in [0.3, 0.4) is 0 Å². The highest BCUT2D eigenvalue weighted by Crippen LogP contribution is 2.19. The van der Waals surface area contributed by atoms with Crippen LogP contribution in [0.5, 0.6) is 5.75 Å². The van der Waals surface area contributed by atoms with Crippen LogP contribution in [0.4, 0.5) is 4.39 Å². The third-order valence-corrected chi connectivity index (χ3v) is 4.01. The molecule has 3 aromatic rings. The Balaban J connectivity index is 1.56.